The minimum Gasteiger partial charge on any atom is -0.294 e. The number of rotatable bonds is 3. The van der Waals surface area contributed by atoms with Crippen molar-refractivity contribution >= 4 is 17.4 Å². The van der Waals surface area contributed by atoms with Gasteiger partial charge in [-0.25, -0.2) is 0 Å². The zero-order chi connectivity index (χ0) is 13.3. The first-order chi connectivity index (χ1) is 7.62. The first kappa shape index (κ1) is 9.41. The average Bonchev–Trinajstić information content (AvgIpc) is 2.12. The quantitative estimate of drug-likeness (QED) is 0.701. The molecule has 0 spiro atoms. The normalized spacial score (nSPS) is 14.4. The molecule has 1 aromatic rings. The van der Waals surface area contributed by atoms with Crippen molar-refractivity contribution in [2.24, 2.45) is 5.41 Å². The van der Waals surface area contributed by atoms with Crippen LogP contribution in [0.5, 0.6) is 0 Å². The van der Waals surface area contributed by atoms with E-state index in [1.807, 2.05) is 20.8 Å². The lowest BCUT2D eigenvalue weighted by Crippen LogP contribution is -2.09. The molecule has 1 rings (SSSR count). The summed E-state index contributed by atoms with van der Waals surface area (Å²) in [6, 6.07) is 6.42. The van der Waals surface area contributed by atoms with Crippen LogP contribution in [0.1, 0.15) is 46.7 Å². The highest BCUT2D eigenvalue weighted by molar-refractivity contribution is 6.31. The van der Waals surface area contributed by atoms with Crippen molar-refractivity contribution < 1.29 is 7.54 Å². The minimum atomic E-state index is -1.86. The molecule has 0 atom stereocenters. The van der Waals surface area contributed by atoms with Gasteiger partial charge in [-0.3, -0.25) is 4.79 Å². The second-order valence-corrected chi connectivity index (χ2v) is 5.19. The summed E-state index contributed by atoms with van der Waals surface area (Å²) < 4.78 is 15.7. The summed E-state index contributed by atoms with van der Waals surface area (Å²) in [5.41, 5.74) is 0.0873. The van der Waals surface area contributed by atoms with E-state index >= 15 is 0 Å². The average molecular weight is 227 g/mol. The summed E-state index contributed by atoms with van der Waals surface area (Å²) in [6.45, 7) is 5.74. The molecule has 0 unspecified atom stereocenters. The highest BCUT2D eigenvalue weighted by atomic mass is 35.5. The van der Waals surface area contributed by atoms with Crippen LogP contribution in [-0.4, -0.2) is 5.78 Å². The second-order valence-electron chi connectivity index (χ2n) is 4.75. The highest BCUT2D eigenvalue weighted by Crippen LogP contribution is 2.22. The molecule has 0 radical (unpaired) electrons. The second kappa shape index (κ2) is 4.80. The van der Waals surface area contributed by atoms with Crippen LogP contribution in [0.2, 0.25) is 5.02 Å². The molecule has 1 aromatic carbocycles. The number of hydrogen-bond acceptors (Lipinski definition) is 1. The molecule has 15 heavy (non-hydrogen) atoms. The van der Waals surface area contributed by atoms with Gasteiger partial charge in [-0.05, 0) is 24.0 Å². The van der Waals surface area contributed by atoms with Crippen molar-refractivity contribution in [2.75, 3.05) is 0 Å². The van der Waals surface area contributed by atoms with Crippen LogP contribution in [-0.2, 0) is 0 Å². The molecule has 2 heteroatoms. The number of ketones is 1. The Morgan fingerprint density at radius 2 is 2.13 bits per heavy atom. The number of carbonyl (C=O) groups is 1. The Morgan fingerprint density at radius 3 is 2.67 bits per heavy atom. The Kier molecular flexibility index (Phi) is 3.01. The SMILES string of the molecule is [2H]C([2H])(CC(C)(C)C)C(=O)c1cccc(Cl)c1. The van der Waals surface area contributed by atoms with Crippen LogP contribution < -0.4 is 0 Å². The van der Waals surface area contributed by atoms with Crippen LogP contribution in [0.15, 0.2) is 24.3 Å². The van der Waals surface area contributed by atoms with Crippen molar-refractivity contribution in [2.45, 2.75) is 33.6 Å². The number of halogens is 1. The summed E-state index contributed by atoms with van der Waals surface area (Å²) in [5.74, 6) is -0.505. The molecular weight excluding hydrogens is 208 g/mol. The summed E-state index contributed by atoms with van der Waals surface area (Å²) in [4.78, 5) is 12.1. The predicted octanol–water partition coefficient (Wildman–Crippen LogP) is 4.35. The first-order valence-corrected chi connectivity index (χ1v) is 5.30. The molecule has 0 N–H and O–H groups in total. The van der Waals surface area contributed by atoms with Crippen LogP contribution in [0.4, 0.5) is 0 Å². The van der Waals surface area contributed by atoms with E-state index in [-0.39, 0.29) is 11.8 Å². The van der Waals surface area contributed by atoms with Crippen molar-refractivity contribution in [1.29, 1.82) is 0 Å². The molecule has 0 bridgehead atoms. The third kappa shape index (κ3) is 4.48. The molecule has 82 valence electrons. The summed E-state index contributed by atoms with van der Waals surface area (Å²) >= 11 is 5.80. The minimum absolute atomic E-state index is 0.186. The van der Waals surface area contributed by atoms with E-state index in [1.54, 1.807) is 18.2 Å². The lowest BCUT2D eigenvalue weighted by Gasteiger charge is -2.16. The zero-order valence-electron chi connectivity index (χ0n) is 11.3. The Morgan fingerprint density at radius 1 is 1.47 bits per heavy atom. The van der Waals surface area contributed by atoms with Crippen LogP contribution >= 0.6 is 11.6 Å². The van der Waals surface area contributed by atoms with Crippen molar-refractivity contribution in [3.05, 3.63) is 34.9 Å². The van der Waals surface area contributed by atoms with E-state index < -0.39 is 12.2 Å². The standard InChI is InChI=1S/C13H17ClO/c1-13(2,3)8-7-12(15)10-5-4-6-11(14)9-10/h4-6,9H,7-8H2,1-3H3/i7D2. The molecule has 0 heterocycles. The maximum Gasteiger partial charge on any atom is 0.162 e. The smallest absolute Gasteiger partial charge is 0.162 e. The van der Waals surface area contributed by atoms with E-state index in [1.165, 1.54) is 6.07 Å². The Labute approximate surface area is 99.3 Å². The molecule has 0 fully saturated rings. The zero-order valence-corrected chi connectivity index (χ0v) is 10.1. The van der Waals surface area contributed by atoms with Crippen LogP contribution in [0, 0.1) is 5.41 Å². The van der Waals surface area contributed by atoms with Crippen molar-refractivity contribution in [1.82, 2.24) is 0 Å². The van der Waals surface area contributed by atoms with Gasteiger partial charge in [-0.1, -0.05) is 44.5 Å². The van der Waals surface area contributed by atoms with Gasteiger partial charge in [-0.15, -0.1) is 0 Å². The molecular formula is C13H17ClO. The summed E-state index contributed by atoms with van der Waals surface area (Å²) in [5, 5.41) is 0.447. The maximum atomic E-state index is 12.1. The monoisotopic (exact) mass is 226 g/mol. The van der Waals surface area contributed by atoms with Gasteiger partial charge < -0.3 is 0 Å². The van der Waals surface area contributed by atoms with E-state index in [0.717, 1.165) is 0 Å². The Bertz CT molecular complexity index is 422. The van der Waals surface area contributed by atoms with E-state index in [2.05, 4.69) is 0 Å². The first-order valence-electron chi connectivity index (χ1n) is 5.92. The Hall–Kier alpha value is -0.820. The number of benzene rings is 1. The summed E-state index contributed by atoms with van der Waals surface area (Å²) in [7, 11) is 0. The molecule has 0 saturated heterocycles. The van der Waals surface area contributed by atoms with Crippen LogP contribution in [0.25, 0.3) is 0 Å². The molecule has 0 saturated carbocycles. The fraction of sp³-hybridized carbons (Fsp3) is 0.462. The lowest BCUT2D eigenvalue weighted by atomic mass is 9.88. The Balaban J connectivity index is 2.96. The fourth-order valence-corrected chi connectivity index (χ4v) is 1.27. The molecule has 0 amide bonds. The van der Waals surface area contributed by atoms with Gasteiger partial charge in [0.15, 0.2) is 5.78 Å². The molecule has 0 aliphatic carbocycles. The molecule has 1 nitrogen and oxygen atoms in total. The van der Waals surface area contributed by atoms with Gasteiger partial charge in [0.25, 0.3) is 0 Å². The van der Waals surface area contributed by atoms with Crippen molar-refractivity contribution in [3.63, 3.8) is 0 Å². The number of carbonyl (C=O) groups excluding carboxylic acids is 1. The van der Waals surface area contributed by atoms with E-state index in [0.29, 0.717) is 10.6 Å². The molecule has 0 aromatic heterocycles. The topological polar surface area (TPSA) is 17.1 Å². The van der Waals surface area contributed by atoms with Gasteiger partial charge in [0.1, 0.15) is 0 Å². The van der Waals surface area contributed by atoms with E-state index in [9.17, 15) is 4.79 Å². The van der Waals surface area contributed by atoms with Crippen molar-refractivity contribution in [3.8, 4) is 0 Å². The maximum absolute atomic E-state index is 12.1. The third-order valence-corrected chi connectivity index (χ3v) is 2.10. The lowest BCUT2D eigenvalue weighted by molar-refractivity contribution is 0.0966. The van der Waals surface area contributed by atoms with Gasteiger partial charge >= 0.3 is 0 Å². The fourth-order valence-electron chi connectivity index (χ4n) is 1.08. The van der Waals surface area contributed by atoms with E-state index in [4.69, 9.17) is 14.3 Å². The largest absolute Gasteiger partial charge is 0.294 e. The van der Waals surface area contributed by atoms with Gasteiger partial charge in [-0.2, -0.15) is 0 Å². The molecule has 0 aliphatic rings. The third-order valence-electron chi connectivity index (χ3n) is 1.87. The highest BCUT2D eigenvalue weighted by Gasteiger charge is 2.14. The number of Topliss-reactive ketones (excluding diaryl/α,β-unsaturated/α-hetero) is 1. The summed E-state index contributed by atoms with van der Waals surface area (Å²) in [6.07, 6.45) is -1.67. The predicted molar refractivity (Wildman–Crippen MR) is 64.5 cm³/mol. The van der Waals surface area contributed by atoms with Crippen LogP contribution in [0.3, 0.4) is 0 Å². The van der Waals surface area contributed by atoms with Gasteiger partial charge in [0, 0.05) is 19.7 Å². The van der Waals surface area contributed by atoms with Gasteiger partial charge in [0.05, 0.1) is 0 Å². The molecule has 0 aliphatic heterocycles. The number of hydrogen-bond donors (Lipinski definition) is 0. The van der Waals surface area contributed by atoms with Gasteiger partial charge in [0.2, 0.25) is 0 Å².